The van der Waals surface area contributed by atoms with Crippen LogP contribution < -0.4 is 0 Å². The largest absolute Gasteiger partial charge is 0.461 e. The monoisotopic (exact) mass is 524 g/mol. The van der Waals surface area contributed by atoms with Crippen LogP contribution in [0.4, 0.5) is 0 Å². The fourth-order valence-electron chi connectivity index (χ4n) is 6.23. The molecule has 0 radical (unpaired) electrons. The molecule has 2 aromatic carbocycles. The fourth-order valence-corrected chi connectivity index (χ4v) is 6.23. The molecule has 2 aliphatic carbocycles. The minimum atomic E-state index is -1.38. The molecule has 3 aliphatic rings. The van der Waals surface area contributed by atoms with Crippen molar-refractivity contribution in [2.24, 2.45) is 0 Å². The lowest BCUT2D eigenvalue weighted by atomic mass is 9.83. The number of esters is 2. The van der Waals surface area contributed by atoms with E-state index in [-0.39, 0.29) is 12.2 Å². The first-order valence-electron chi connectivity index (χ1n) is 14.5. The standard InChI is InChI=1S/C33H36N2O4/c36-30(38-26-13-3-1-4-14-26)20-22-33(32(37)39-27-15-5-2-6-16-27)21-19-24-11-7-8-12-25(24)23-35-29-18-10-9-17-28(29)34-31(33)35/h7-12,17-22,26-27H,1-6,13-16,23H2/b21-19-,22-20+. The van der Waals surface area contributed by atoms with Crippen molar-refractivity contribution in [2.45, 2.75) is 88.4 Å². The summed E-state index contributed by atoms with van der Waals surface area (Å²) in [5.41, 5.74) is 2.51. The number of imidazole rings is 1. The van der Waals surface area contributed by atoms with E-state index in [9.17, 15) is 9.59 Å². The van der Waals surface area contributed by atoms with E-state index in [1.54, 1.807) is 6.08 Å². The number of fused-ring (bicyclic) bond motifs is 4. The number of benzene rings is 2. The zero-order valence-electron chi connectivity index (χ0n) is 22.4. The molecule has 0 spiro atoms. The molecule has 0 saturated heterocycles. The average Bonchev–Trinajstić information content (AvgIpc) is 3.32. The van der Waals surface area contributed by atoms with Crippen molar-refractivity contribution >= 4 is 29.0 Å². The lowest BCUT2D eigenvalue weighted by Gasteiger charge is -2.31. The lowest BCUT2D eigenvalue weighted by Crippen LogP contribution is -2.40. The summed E-state index contributed by atoms with van der Waals surface area (Å²) in [6, 6.07) is 16.1. The Balaban J connectivity index is 1.46. The third kappa shape index (κ3) is 5.29. The molecule has 6 rings (SSSR count). The first kappa shape index (κ1) is 25.6. The van der Waals surface area contributed by atoms with Gasteiger partial charge in [0.15, 0.2) is 5.41 Å². The molecule has 1 unspecified atom stereocenters. The van der Waals surface area contributed by atoms with Gasteiger partial charge >= 0.3 is 11.9 Å². The maximum absolute atomic E-state index is 14.3. The Labute approximate surface area is 229 Å². The number of rotatable bonds is 5. The number of nitrogens with zero attached hydrogens (tertiary/aromatic N) is 2. The Morgan fingerprint density at radius 3 is 2.28 bits per heavy atom. The van der Waals surface area contributed by atoms with E-state index in [1.807, 2.05) is 54.6 Å². The van der Waals surface area contributed by atoms with E-state index in [2.05, 4.69) is 10.6 Å². The molecule has 6 heteroatoms. The quantitative estimate of drug-likeness (QED) is 0.276. The highest BCUT2D eigenvalue weighted by Gasteiger charge is 2.44. The van der Waals surface area contributed by atoms with E-state index < -0.39 is 17.4 Å². The van der Waals surface area contributed by atoms with Gasteiger partial charge in [0.25, 0.3) is 0 Å². The first-order valence-corrected chi connectivity index (χ1v) is 14.5. The topological polar surface area (TPSA) is 70.4 Å². The van der Waals surface area contributed by atoms with Crippen LogP contribution in [0, 0.1) is 0 Å². The molecule has 202 valence electrons. The number of hydrogen-bond acceptors (Lipinski definition) is 5. The van der Waals surface area contributed by atoms with Gasteiger partial charge in [-0.25, -0.2) is 9.78 Å². The maximum atomic E-state index is 14.3. The third-order valence-corrected chi connectivity index (χ3v) is 8.41. The lowest BCUT2D eigenvalue weighted by molar-refractivity contribution is -0.154. The number of para-hydroxylation sites is 2. The van der Waals surface area contributed by atoms with Gasteiger partial charge in [-0.15, -0.1) is 0 Å². The van der Waals surface area contributed by atoms with Crippen LogP contribution in [0.2, 0.25) is 0 Å². The van der Waals surface area contributed by atoms with Crippen molar-refractivity contribution in [3.05, 3.63) is 83.7 Å². The van der Waals surface area contributed by atoms with Gasteiger partial charge in [0.1, 0.15) is 18.0 Å². The minimum Gasteiger partial charge on any atom is -0.461 e. The molecule has 1 aliphatic heterocycles. The Kier molecular flexibility index (Phi) is 7.36. The van der Waals surface area contributed by atoms with Crippen molar-refractivity contribution in [3.63, 3.8) is 0 Å². The van der Waals surface area contributed by atoms with Crippen molar-refractivity contribution in [2.75, 3.05) is 0 Å². The molecule has 39 heavy (non-hydrogen) atoms. The highest BCUT2D eigenvalue weighted by atomic mass is 16.5. The van der Waals surface area contributed by atoms with E-state index >= 15 is 0 Å². The van der Waals surface area contributed by atoms with Gasteiger partial charge in [-0.1, -0.05) is 61.4 Å². The normalized spacial score (nSPS) is 23.0. The summed E-state index contributed by atoms with van der Waals surface area (Å²) in [4.78, 5) is 32.3. The molecule has 0 N–H and O–H groups in total. The fraction of sp³-hybridized carbons (Fsp3) is 0.424. The van der Waals surface area contributed by atoms with Crippen LogP contribution in [-0.2, 0) is 31.0 Å². The molecular formula is C33H36N2O4. The van der Waals surface area contributed by atoms with Crippen LogP contribution in [0.5, 0.6) is 0 Å². The minimum absolute atomic E-state index is 0.0645. The number of aromatic nitrogens is 2. The predicted octanol–water partition coefficient (Wildman–Crippen LogP) is 6.66. The van der Waals surface area contributed by atoms with Crippen molar-refractivity contribution < 1.29 is 19.1 Å². The molecule has 0 amide bonds. The summed E-state index contributed by atoms with van der Waals surface area (Å²) >= 11 is 0. The van der Waals surface area contributed by atoms with Gasteiger partial charge in [-0.2, -0.15) is 0 Å². The number of hydrogen-bond donors (Lipinski definition) is 0. The second kappa shape index (κ2) is 11.2. The van der Waals surface area contributed by atoms with Crippen LogP contribution in [-0.4, -0.2) is 33.7 Å². The van der Waals surface area contributed by atoms with Gasteiger partial charge in [-0.3, -0.25) is 4.79 Å². The molecule has 1 atom stereocenters. The third-order valence-electron chi connectivity index (χ3n) is 8.41. The SMILES string of the molecule is O=C(/C=C/C1(C(=O)OC2CCCCC2)/C=C\c2ccccc2Cn2c1nc1ccccc12)OC1CCCCC1. The van der Waals surface area contributed by atoms with Gasteiger partial charge < -0.3 is 14.0 Å². The second-order valence-electron chi connectivity index (χ2n) is 11.1. The zero-order valence-corrected chi connectivity index (χ0v) is 22.4. The molecule has 0 bridgehead atoms. The molecule has 2 saturated carbocycles. The number of carbonyl (C=O) groups is 2. The zero-order chi connectivity index (χ0) is 26.7. The van der Waals surface area contributed by atoms with Crippen LogP contribution in [0.15, 0.2) is 66.8 Å². The summed E-state index contributed by atoms with van der Waals surface area (Å²) in [6.45, 7) is 0.551. The van der Waals surface area contributed by atoms with Crippen LogP contribution in [0.3, 0.4) is 0 Å². The molecule has 6 nitrogen and oxygen atoms in total. The van der Waals surface area contributed by atoms with Gasteiger partial charge in [0.2, 0.25) is 0 Å². The number of ether oxygens (including phenoxy) is 2. The Bertz CT molecular complexity index is 1410. The highest BCUT2D eigenvalue weighted by Crippen LogP contribution is 2.37. The van der Waals surface area contributed by atoms with Crippen molar-refractivity contribution in [1.82, 2.24) is 9.55 Å². The van der Waals surface area contributed by atoms with Gasteiger partial charge in [-0.05, 0) is 80.7 Å². The second-order valence-corrected chi connectivity index (χ2v) is 11.1. The molecule has 3 aromatic rings. The van der Waals surface area contributed by atoms with E-state index in [0.29, 0.717) is 12.4 Å². The highest BCUT2D eigenvalue weighted by molar-refractivity contribution is 5.93. The number of carbonyl (C=O) groups excluding carboxylic acids is 2. The Morgan fingerprint density at radius 2 is 1.51 bits per heavy atom. The summed E-state index contributed by atoms with van der Waals surface area (Å²) in [7, 11) is 0. The smallest absolute Gasteiger partial charge is 0.330 e. The molecule has 1 aromatic heterocycles. The van der Waals surface area contributed by atoms with Crippen molar-refractivity contribution in [3.8, 4) is 0 Å². The molecule has 2 fully saturated rings. The summed E-state index contributed by atoms with van der Waals surface area (Å²) < 4.78 is 14.1. The molecule has 2 heterocycles. The van der Waals surface area contributed by atoms with Crippen LogP contribution >= 0.6 is 0 Å². The Hall–Kier alpha value is -3.67. The van der Waals surface area contributed by atoms with E-state index in [1.165, 1.54) is 18.9 Å². The predicted molar refractivity (Wildman–Crippen MR) is 151 cm³/mol. The van der Waals surface area contributed by atoms with E-state index in [0.717, 1.165) is 73.5 Å². The van der Waals surface area contributed by atoms with Gasteiger partial charge in [0.05, 0.1) is 11.0 Å². The van der Waals surface area contributed by atoms with E-state index in [4.69, 9.17) is 14.5 Å². The van der Waals surface area contributed by atoms with Gasteiger partial charge in [0, 0.05) is 12.6 Å². The first-order chi connectivity index (χ1) is 19.1. The summed E-state index contributed by atoms with van der Waals surface area (Å²) in [6.07, 6.45) is 16.8. The summed E-state index contributed by atoms with van der Waals surface area (Å²) in [5.74, 6) is -0.273. The van der Waals surface area contributed by atoms with Crippen LogP contribution in [0.25, 0.3) is 17.1 Å². The molecular weight excluding hydrogens is 488 g/mol. The van der Waals surface area contributed by atoms with Crippen LogP contribution in [0.1, 0.15) is 81.2 Å². The average molecular weight is 525 g/mol. The summed E-state index contributed by atoms with van der Waals surface area (Å²) in [5, 5.41) is 0. The van der Waals surface area contributed by atoms with Crippen molar-refractivity contribution in [1.29, 1.82) is 0 Å². The Morgan fingerprint density at radius 1 is 0.846 bits per heavy atom. The maximum Gasteiger partial charge on any atom is 0.330 e.